The molecule has 3 saturated heterocycles. The Morgan fingerprint density at radius 1 is 0.419 bits per heavy atom. The lowest BCUT2D eigenvalue weighted by molar-refractivity contribution is -0.376. The molecular formula is C19H34O12. The van der Waals surface area contributed by atoms with Crippen molar-refractivity contribution < 1.29 is 59.4 Å². The van der Waals surface area contributed by atoms with Gasteiger partial charge in [0.05, 0.1) is 24.4 Å². The zero-order valence-electron chi connectivity index (χ0n) is 17.8. The highest BCUT2D eigenvalue weighted by atomic mass is 16.8. The van der Waals surface area contributed by atoms with Crippen molar-refractivity contribution in [3.63, 3.8) is 0 Å². The van der Waals surface area contributed by atoms with Gasteiger partial charge in [-0.05, 0) is 27.7 Å². The number of ether oxygens (including phenoxy) is 5. The van der Waals surface area contributed by atoms with Crippen LogP contribution in [0.15, 0.2) is 0 Å². The van der Waals surface area contributed by atoms with Gasteiger partial charge in [0, 0.05) is 0 Å². The fraction of sp³-hybridized carbons (Fsp3) is 1.00. The smallest absolute Gasteiger partial charge is 0.187 e. The Bertz CT molecular complexity index is 594. The van der Waals surface area contributed by atoms with E-state index >= 15 is 0 Å². The molecule has 0 bridgehead atoms. The van der Waals surface area contributed by atoms with Crippen LogP contribution in [-0.2, 0) is 23.7 Å². The Balaban J connectivity index is 1.78. The highest BCUT2D eigenvalue weighted by molar-refractivity contribution is 4.95. The molecule has 3 rings (SSSR count). The zero-order valence-corrected chi connectivity index (χ0v) is 17.8. The molecule has 0 spiro atoms. The van der Waals surface area contributed by atoms with E-state index in [2.05, 4.69) is 0 Å². The fourth-order valence-corrected chi connectivity index (χ4v) is 4.13. The first-order valence-corrected chi connectivity index (χ1v) is 10.5. The van der Waals surface area contributed by atoms with Crippen LogP contribution in [0.1, 0.15) is 27.7 Å². The molecule has 7 N–H and O–H groups in total. The predicted molar refractivity (Wildman–Crippen MR) is 100 cm³/mol. The quantitative estimate of drug-likeness (QED) is 0.223. The number of aliphatic hydroxyl groups is 7. The Hall–Kier alpha value is -0.480. The monoisotopic (exact) mass is 454 g/mol. The lowest BCUT2D eigenvalue weighted by Crippen LogP contribution is -2.65. The molecule has 0 amide bonds. The molecule has 12 heteroatoms. The van der Waals surface area contributed by atoms with Crippen molar-refractivity contribution in [1.29, 1.82) is 0 Å². The van der Waals surface area contributed by atoms with Gasteiger partial charge in [-0.3, -0.25) is 0 Å². The van der Waals surface area contributed by atoms with Gasteiger partial charge >= 0.3 is 0 Å². The topological polar surface area (TPSA) is 188 Å². The maximum absolute atomic E-state index is 10.6. The van der Waals surface area contributed by atoms with Crippen molar-refractivity contribution in [2.24, 2.45) is 0 Å². The summed E-state index contributed by atoms with van der Waals surface area (Å²) in [6.45, 7) is 6.21. The molecule has 3 heterocycles. The van der Waals surface area contributed by atoms with Gasteiger partial charge in [0.2, 0.25) is 0 Å². The molecule has 3 aliphatic heterocycles. The van der Waals surface area contributed by atoms with Crippen LogP contribution in [0.5, 0.6) is 0 Å². The average molecular weight is 454 g/mol. The summed E-state index contributed by atoms with van der Waals surface area (Å²) in [6.07, 6.45) is -18.3. The van der Waals surface area contributed by atoms with Crippen molar-refractivity contribution in [1.82, 2.24) is 0 Å². The second-order valence-corrected chi connectivity index (χ2v) is 8.60. The highest BCUT2D eigenvalue weighted by Crippen LogP contribution is 2.32. The van der Waals surface area contributed by atoms with Gasteiger partial charge in [0.1, 0.15) is 54.9 Å². The Labute approximate surface area is 179 Å². The summed E-state index contributed by atoms with van der Waals surface area (Å²) < 4.78 is 28.1. The highest BCUT2D eigenvalue weighted by Gasteiger charge is 2.52. The van der Waals surface area contributed by atoms with Gasteiger partial charge < -0.3 is 59.4 Å². The molecule has 182 valence electrons. The minimum absolute atomic E-state index is 0.629. The van der Waals surface area contributed by atoms with E-state index < -0.39 is 91.9 Å². The lowest BCUT2D eigenvalue weighted by atomic mass is 9.95. The number of hydrogen-bond donors (Lipinski definition) is 7. The third-order valence-electron chi connectivity index (χ3n) is 6.23. The molecule has 3 aliphatic rings. The molecule has 0 aromatic carbocycles. The SMILES string of the molecule is CC1OC(OC2C(OC3C(C)OC(C)C(O)C3O)OC(C)C(O)C2O)C(O)C(O)C1O. The maximum Gasteiger partial charge on any atom is 0.187 e. The largest absolute Gasteiger partial charge is 0.388 e. The van der Waals surface area contributed by atoms with Crippen LogP contribution in [0, 0.1) is 0 Å². The molecule has 31 heavy (non-hydrogen) atoms. The number of rotatable bonds is 4. The van der Waals surface area contributed by atoms with Crippen molar-refractivity contribution in [2.45, 2.75) is 120 Å². The number of aliphatic hydroxyl groups excluding tert-OH is 7. The van der Waals surface area contributed by atoms with Gasteiger partial charge in [-0.2, -0.15) is 0 Å². The summed E-state index contributed by atoms with van der Waals surface area (Å²) in [5, 5.41) is 71.5. The van der Waals surface area contributed by atoms with Crippen LogP contribution in [0.2, 0.25) is 0 Å². The first-order valence-electron chi connectivity index (χ1n) is 10.5. The molecule has 0 aromatic heterocycles. The molecule has 0 aromatic rings. The van der Waals surface area contributed by atoms with E-state index in [9.17, 15) is 35.7 Å². The Kier molecular flexibility index (Phi) is 7.94. The maximum atomic E-state index is 10.6. The summed E-state index contributed by atoms with van der Waals surface area (Å²) in [7, 11) is 0. The molecular weight excluding hydrogens is 420 g/mol. The molecule has 0 radical (unpaired) electrons. The third-order valence-corrected chi connectivity index (χ3v) is 6.23. The number of hydrogen-bond acceptors (Lipinski definition) is 12. The molecule has 0 aliphatic carbocycles. The standard InChI is InChI=1S/C19H34O12/c1-5-10(21)13(24)16(8(4)27-5)30-19-17(14(25)11(22)7(3)29-19)31-18-15(26)12(23)9(20)6(2)28-18/h5-26H,1-4H3. The molecule has 3 fully saturated rings. The second-order valence-electron chi connectivity index (χ2n) is 8.60. The minimum Gasteiger partial charge on any atom is -0.388 e. The van der Waals surface area contributed by atoms with Gasteiger partial charge in [-0.25, -0.2) is 0 Å². The van der Waals surface area contributed by atoms with Gasteiger partial charge in [-0.1, -0.05) is 0 Å². The first-order chi connectivity index (χ1) is 14.4. The lowest BCUT2D eigenvalue weighted by Gasteiger charge is -2.48. The third kappa shape index (κ3) is 4.90. The summed E-state index contributed by atoms with van der Waals surface area (Å²) in [4.78, 5) is 0. The normalized spacial score (nSPS) is 56.4. The molecule has 15 atom stereocenters. The van der Waals surface area contributed by atoms with Crippen LogP contribution in [0.3, 0.4) is 0 Å². The van der Waals surface area contributed by atoms with Crippen molar-refractivity contribution in [2.75, 3.05) is 0 Å². The average Bonchev–Trinajstić information content (AvgIpc) is 2.72. The van der Waals surface area contributed by atoms with E-state index in [-0.39, 0.29) is 0 Å². The summed E-state index contributed by atoms with van der Waals surface area (Å²) >= 11 is 0. The minimum atomic E-state index is -1.65. The fourth-order valence-electron chi connectivity index (χ4n) is 4.13. The summed E-state index contributed by atoms with van der Waals surface area (Å²) in [5.41, 5.74) is 0. The van der Waals surface area contributed by atoms with E-state index in [1.165, 1.54) is 13.8 Å². The van der Waals surface area contributed by atoms with Gasteiger partial charge in [-0.15, -0.1) is 0 Å². The van der Waals surface area contributed by atoms with Crippen LogP contribution in [0.25, 0.3) is 0 Å². The summed E-state index contributed by atoms with van der Waals surface area (Å²) in [5.74, 6) is 0. The van der Waals surface area contributed by atoms with Crippen molar-refractivity contribution >= 4 is 0 Å². The first kappa shape index (κ1) is 25.1. The van der Waals surface area contributed by atoms with Gasteiger partial charge in [0.15, 0.2) is 12.6 Å². The van der Waals surface area contributed by atoms with E-state index in [1.807, 2.05) is 0 Å². The van der Waals surface area contributed by atoms with E-state index in [0.29, 0.717) is 0 Å². The van der Waals surface area contributed by atoms with E-state index in [4.69, 9.17) is 23.7 Å². The molecule has 0 saturated carbocycles. The Morgan fingerprint density at radius 2 is 0.839 bits per heavy atom. The predicted octanol–water partition coefficient (Wildman–Crippen LogP) is -3.42. The summed E-state index contributed by atoms with van der Waals surface area (Å²) in [6, 6.07) is 0. The van der Waals surface area contributed by atoms with Crippen LogP contribution in [-0.4, -0.2) is 128 Å². The van der Waals surface area contributed by atoms with E-state index in [1.54, 1.807) is 13.8 Å². The van der Waals surface area contributed by atoms with Crippen LogP contribution < -0.4 is 0 Å². The van der Waals surface area contributed by atoms with Crippen LogP contribution >= 0.6 is 0 Å². The van der Waals surface area contributed by atoms with Crippen LogP contribution in [0.4, 0.5) is 0 Å². The zero-order chi connectivity index (χ0) is 23.2. The van der Waals surface area contributed by atoms with E-state index in [0.717, 1.165) is 0 Å². The van der Waals surface area contributed by atoms with Crippen molar-refractivity contribution in [3.05, 3.63) is 0 Å². The van der Waals surface area contributed by atoms with Gasteiger partial charge in [0.25, 0.3) is 0 Å². The molecule has 15 unspecified atom stereocenters. The molecule has 12 nitrogen and oxygen atoms in total. The Morgan fingerprint density at radius 3 is 1.42 bits per heavy atom. The van der Waals surface area contributed by atoms with Crippen molar-refractivity contribution in [3.8, 4) is 0 Å². The second kappa shape index (κ2) is 9.79.